The minimum atomic E-state index is 0.0586. The molecule has 2 aromatic carbocycles. The summed E-state index contributed by atoms with van der Waals surface area (Å²) in [5.41, 5.74) is 3.74. The highest BCUT2D eigenvalue weighted by Crippen LogP contribution is 2.25. The van der Waals surface area contributed by atoms with Gasteiger partial charge in [0.25, 0.3) is 11.8 Å². The maximum atomic E-state index is 13.0. The van der Waals surface area contributed by atoms with Gasteiger partial charge in [0.1, 0.15) is 5.75 Å². The first-order chi connectivity index (χ1) is 15.0. The van der Waals surface area contributed by atoms with Gasteiger partial charge in [-0.2, -0.15) is 0 Å². The number of ether oxygens (including phenoxy) is 1. The van der Waals surface area contributed by atoms with Gasteiger partial charge in [0.15, 0.2) is 0 Å². The molecule has 2 amide bonds. The molecule has 0 N–H and O–H groups in total. The van der Waals surface area contributed by atoms with Crippen LogP contribution in [0.2, 0.25) is 0 Å². The van der Waals surface area contributed by atoms with Crippen LogP contribution in [0.1, 0.15) is 57.5 Å². The average molecular weight is 421 g/mol. The van der Waals surface area contributed by atoms with E-state index in [9.17, 15) is 9.59 Å². The number of carbonyl (C=O) groups is 2. The van der Waals surface area contributed by atoms with Crippen LogP contribution in [-0.4, -0.2) is 54.4 Å². The van der Waals surface area contributed by atoms with Gasteiger partial charge in [-0.1, -0.05) is 18.2 Å². The van der Waals surface area contributed by atoms with Crippen LogP contribution in [0.3, 0.4) is 0 Å². The Morgan fingerprint density at radius 3 is 2.42 bits per heavy atom. The molecule has 4 rings (SSSR count). The van der Waals surface area contributed by atoms with Crippen molar-refractivity contribution in [3.63, 3.8) is 0 Å². The molecule has 2 aliphatic heterocycles. The van der Waals surface area contributed by atoms with Gasteiger partial charge < -0.3 is 14.5 Å². The van der Waals surface area contributed by atoms with Crippen molar-refractivity contribution < 1.29 is 14.3 Å². The molecule has 0 radical (unpaired) electrons. The molecule has 2 aliphatic rings. The highest BCUT2D eigenvalue weighted by Gasteiger charge is 2.26. The van der Waals surface area contributed by atoms with Crippen molar-refractivity contribution in [3.05, 3.63) is 64.7 Å². The van der Waals surface area contributed by atoms with Crippen LogP contribution in [0.25, 0.3) is 0 Å². The lowest BCUT2D eigenvalue weighted by molar-refractivity contribution is 0.0632. The van der Waals surface area contributed by atoms with Crippen molar-refractivity contribution >= 4 is 11.8 Å². The van der Waals surface area contributed by atoms with E-state index in [-0.39, 0.29) is 17.7 Å². The molecule has 1 atom stereocenters. The van der Waals surface area contributed by atoms with E-state index in [1.165, 1.54) is 5.56 Å². The first-order valence-corrected chi connectivity index (χ1v) is 11.4. The summed E-state index contributed by atoms with van der Waals surface area (Å²) >= 11 is 0. The van der Waals surface area contributed by atoms with Crippen molar-refractivity contribution in [2.75, 3.05) is 32.8 Å². The number of rotatable bonds is 5. The maximum absolute atomic E-state index is 13.0. The molecule has 2 fully saturated rings. The second-order valence-electron chi connectivity index (χ2n) is 8.86. The Morgan fingerprint density at radius 1 is 0.903 bits per heavy atom. The molecule has 31 heavy (non-hydrogen) atoms. The number of para-hydroxylation sites is 1. The van der Waals surface area contributed by atoms with Crippen LogP contribution < -0.4 is 4.74 Å². The average Bonchev–Trinajstić information content (AvgIpc) is 3.34. The highest BCUT2D eigenvalue weighted by atomic mass is 16.5. The molecule has 2 heterocycles. The minimum absolute atomic E-state index is 0.0586. The summed E-state index contributed by atoms with van der Waals surface area (Å²) in [7, 11) is 0. The number of piperidine rings is 1. The molecule has 5 heteroatoms. The van der Waals surface area contributed by atoms with Gasteiger partial charge in [0, 0.05) is 37.7 Å². The van der Waals surface area contributed by atoms with Gasteiger partial charge in [0.05, 0.1) is 12.2 Å². The van der Waals surface area contributed by atoms with Gasteiger partial charge in [-0.3, -0.25) is 9.59 Å². The van der Waals surface area contributed by atoms with Crippen LogP contribution in [-0.2, 0) is 0 Å². The number of hydrogen-bond acceptors (Lipinski definition) is 3. The van der Waals surface area contributed by atoms with Crippen LogP contribution >= 0.6 is 0 Å². The van der Waals surface area contributed by atoms with Crippen molar-refractivity contribution in [2.24, 2.45) is 5.92 Å². The standard InChI is InChI=1S/C26H32N2O3/c1-19-11-12-22(16-20(19)2)25(29)28-15-7-8-21(17-28)18-31-24-10-4-3-9-23(24)26(30)27-13-5-6-14-27/h3-4,9-12,16,21H,5-8,13-15,17-18H2,1-2H3. The Kier molecular flexibility index (Phi) is 6.59. The van der Waals surface area contributed by atoms with Crippen LogP contribution in [0.5, 0.6) is 5.75 Å². The molecule has 0 aliphatic carbocycles. The number of likely N-dealkylation sites (tertiary alicyclic amines) is 2. The highest BCUT2D eigenvalue weighted by molar-refractivity contribution is 5.97. The fraction of sp³-hybridized carbons (Fsp3) is 0.462. The van der Waals surface area contributed by atoms with Gasteiger partial charge in [-0.25, -0.2) is 0 Å². The summed E-state index contributed by atoms with van der Waals surface area (Å²) in [4.78, 5) is 29.7. The first-order valence-electron chi connectivity index (χ1n) is 11.4. The Balaban J connectivity index is 1.39. The van der Waals surface area contributed by atoms with Crippen molar-refractivity contribution in [1.29, 1.82) is 0 Å². The van der Waals surface area contributed by atoms with Gasteiger partial charge >= 0.3 is 0 Å². The third kappa shape index (κ3) is 4.92. The number of nitrogens with zero attached hydrogens (tertiary/aromatic N) is 2. The monoisotopic (exact) mass is 420 g/mol. The molecule has 0 aromatic heterocycles. The zero-order chi connectivity index (χ0) is 21.8. The van der Waals surface area contributed by atoms with E-state index >= 15 is 0 Å². The van der Waals surface area contributed by atoms with E-state index in [4.69, 9.17) is 4.74 Å². The summed E-state index contributed by atoms with van der Waals surface area (Å²) in [5, 5.41) is 0. The first kappa shape index (κ1) is 21.4. The molecule has 2 saturated heterocycles. The predicted molar refractivity (Wildman–Crippen MR) is 122 cm³/mol. The van der Waals surface area contributed by atoms with E-state index in [0.29, 0.717) is 24.5 Å². The summed E-state index contributed by atoms with van der Waals surface area (Å²) in [5.74, 6) is 1.07. The van der Waals surface area contributed by atoms with E-state index < -0.39 is 0 Å². The van der Waals surface area contributed by atoms with Gasteiger partial charge in [-0.05, 0) is 74.9 Å². The molecule has 5 nitrogen and oxygen atoms in total. The lowest BCUT2D eigenvalue weighted by atomic mass is 9.97. The van der Waals surface area contributed by atoms with Gasteiger partial charge in [-0.15, -0.1) is 0 Å². The van der Waals surface area contributed by atoms with Crippen LogP contribution in [0.4, 0.5) is 0 Å². The minimum Gasteiger partial charge on any atom is -0.492 e. The predicted octanol–water partition coefficient (Wildman–Crippen LogP) is 4.47. The van der Waals surface area contributed by atoms with Crippen molar-refractivity contribution in [2.45, 2.75) is 39.5 Å². The summed E-state index contributed by atoms with van der Waals surface area (Å²) < 4.78 is 6.14. The summed E-state index contributed by atoms with van der Waals surface area (Å²) in [6, 6.07) is 13.5. The Bertz CT molecular complexity index is 949. The molecular weight excluding hydrogens is 388 g/mol. The number of amides is 2. The van der Waals surface area contributed by atoms with Crippen LogP contribution in [0.15, 0.2) is 42.5 Å². The zero-order valence-electron chi connectivity index (χ0n) is 18.6. The third-order valence-electron chi connectivity index (χ3n) is 6.55. The number of carbonyl (C=O) groups excluding carboxylic acids is 2. The Morgan fingerprint density at radius 2 is 1.65 bits per heavy atom. The zero-order valence-corrected chi connectivity index (χ0v) is 18.6. The quantitative estimate of drug-likeness (QED) is 0.717. The number of benzene rings is 2. The van der Waals surface area contributed by atoms with E-state index in [0.717, 1.165) is 56.4 Å². The molecule has 1 unspecified atom stereocenters. The second kappa shape index (κ2) is 9.54. The van der Waals surface area contributed by atoms with E-state index in [1.807, 2.05) is 59.2 Å². The molecule has 0 saturated carbocycles. The largest absolute Gasteiger partial charge is 0.492 e. The topological polar surface area (TPSA) is 49.9 Å². The van der Waals surface area contributed by atoms with Crippen LogP contribution in [0, 0.1) is 19.8 Å². The van der Waals surface area contributed by atoms with Gasteiger partial charge in [0.2, 0.25) is 0 Å². The van der Waals surface area contributed by atoms with E-state index in [1.54, 1.807) is 0 Å². The molecule has 0 spiro atoms. The normalized spacial score (nSPS) is 18.8. The SMILES string of the molecule is Cc1ccc(C(=O)N2CCCC(COc3ccccc3C(=O)N3CCCC3)C2)cc1C. The fourth-order valence-corrected chi connectivity index (χ4v) is 4.51. The molecule has 164 valence electrons. The third-order valence-corrected chi connectivity index (χ3v) is 6.55. The fourth-order valence-electron chi connectivity index (χ4n) is 4.51. The molecular formula is C26H32N2O3. The van der Waals surface area contributed by atoms with E-state index in [2.05, 4.69) is 6.92 Å². The summed E-state index contributed by atoms with van der Waals surface area (Å²) in [6.45, 7) is 7.74. The van der Waals surface area contributed by atoms with Crippen molar-refractivity contribution in [1.82, 2.24) is 9.80 Å². The Hall–Kier alpha value is -2.82. The Labute approximate surface area is 185 Å². The second-order valence-corrected chi connectivity index (χ2v) is 8.86. The maximum Gasteiger partial charge on any atom is 0.257 e. The number of aryl methyl sites for hydroxylation is 2. The smallest absolute Gasteiger partial charge is 0.257 e. The summed E-state index contributed by atoms with van der Waals surface area (Å²) in [6.07, 6.45) is 4.14. The lowest BCUT2D eigenvalue weighted by Crippen LogP contribution is -2.41. The van der Waals surface area contributed by atoms with Crippen molar-refractivity contribution in [3.8, 4) is 5.75 Å². The molecule has 0 bridgehead atoms. The molecule has 2 aromatic rings. The lowest BCUT2D eigenvalue weighted by Gasteiger charge is -2.33. The number of hydrogen-bond donors (Lipinski definition) is 0.